The van der Waals surface area contributed by atoms with Crippen LogP contribution in [-0.4, -0.2) is 26.8 Å². The number of nitrogens with one attached hydrogen (secondary N) is 1. The van der Waals surface area contributed by atoms with Gasteiger partial charge in [0, 0.05) is 11.3 Å². The largest absolute Gasteiger partial charge is 0.489 e. The van der Waals surface area contributed by atoms with Crippen LogP contribution < -0.4 is 10.1 Å². The summed E-state index contributed by atoms with van der Waals surface area (Å²) in [7, 11) is 0. The number of esters is 1. The van der Waals surface area contributed by atoms with Crippen LogP contribution in [0.3, 0.4) is 0 Å². The van der Waals surface area contributed by atoms with Crippen molar-refractivity contribution >= 4 is 11.9 Å². The lowest BCUT2D eigenvalue weighted by Crippen LogP contribution is -2.30. The van der Waals surface area contributed by atoms with Gasteiger partial charge in [-0.1, -0.05) is 48.5 Å². The minimum Gasteiger partial charge on any atom is -0.489 e. The molecule has 0 bridgehead atoms. The number of carbonyl (C=O) groups excluding carboxylic acids is 1. The van der Waals surface area contributed by atoms with E-state index in [1.54, 1.807) is 4.68 Å². The van der Waals surface area contributed by atoms with Crippen LogP contribution in [0.5, 0.6) is 5.75 Å². The van der Waals surface area contributed by atoms with Crippen molar-refractivity contribution < 1.29 is 14.3 Å². The first-order chi connectivity index (χ1) is 14.5. The van der Waals surface area contributed by atoms with Gasteiger partial charge in [0.1, 0.15) is 24.7 Å². The molecule has 0 amide bonds. The van der Waals surface area contributed by atoms with E-state index in [1.165, 1.54) is 6.33 Å². The number of para-hydroxylation sites is 1. The number of aromatic nitrogens is 3. The fraction of sp³-hybridized carbons (Fsp3) is 0.261. The Morgan fingerprint density at radius 2 is 1.87 bits per heavy atom. The Balaban J connectivity index is 1.74. The van der Waals surface area contributed by atoms with Crippen molar-refractivity contribution in [1.29, 1.82) is 0 Å². The summed E-state index contributed by atoms with van der Waals surface area (Å²) in [5, 5.41) is 7.51. The highest BCUT2D eigenvalue weighted by Crippen LogP contribution is 2.39. The van der Waals surface area contributed by atoms with Crippen LogP contribution in [0.15, 0.2) is 72.2 Å². The molecule has 1 aliphatic heterocycles. The molecule has 0 radical (unpaired) electrons. The van der Waals surface area contributed by atoms with Crippen LogP contribution >= 0.6 is 0 Å². The molecule has 1 N–H and O–H groups in total. The van der Waals surface area contributed by atoms with E-state index in [2.05, 4.69) is 15.4 Å². The number of anilines is 1. The van der Waals surface area contributed by atoms with Crippen molar-refractivity contribution in [2.45, 2.75) is 39.5 Å². The van der Waals surface area contributed by atoms with Crippen molar-refractivity contribution in [3.63, 3.8) is 0 Å². The van der Waals surface area contributed by atoms with Gasteiger partial charge in [-0.25, -0.2) is 9.48 Å². The normalized spacial score (nSPS) is 15.5. The van der Waals surface area contributed by atoms with Crippen LogP contribution in [0.1, 0.15) is 37.9 Å². The molecule has 0 saturated heterocycles. The van der Waals surface area contributed by atoms with Gasteiger partial charge in [-0.15, -0.1) is 0 Å². The molecule has 2 heterocycles. The third-order valence-corrected chi connectivity index (χ3v) is 4.81. The first-order valence-corrected chi connectivity index (χ1v) is 9.88. The number of hydrogen-bond donors (Lipinski definition) is 1. The third-order valence-electron chi connectivity index (χ3n) is 4.81. The Hall–Kier alpha value is -3.61. The Kier molecular flexibility index (Phi) is 5.52. The zero-order valence-corrected chi connectivity index (χ0v) is 17.2. The van der Waals surface area contributed by atoms with E-state index in [4.69, 9.17) is 9.47 Å². The number of ether oxygens (including phenoxy) is 2. The Labute approximate surface area is 175 Å². The highest BCUT2D eigenvalue weighted by Gasteiger charge is 2.36. The maximum Gasteiger partial charge on any atom is 0.338 e. The standard InChI is InChI=1S/C23H24N4O3/c1-15(2)30-22(28)20-16(3)26-23-24-14-25-27(23)21(20)18-11-7-8-12-19(18)29-13-17-9-5-4-6-10-17/h4-12,14-15,21H,13H2,1-3H3,(H,24,25,26). The topological polar surface area (TPSA) is 78.3 Å². The average molecular weight is 404 g/mol. The van der Waals surface area contributed by atoms with Gasteiger partial charge in [0.15, 0.2) is 0 Å². The Morgan fingerprint density at radius 1 is 1.13 bits per heavy atom. The second-order valence-electron chi connectivity index (χ2n) is 7.36. The van der Waals surface area contributed by atoms with Gasteiger partial charge in [-0.05, 0) is 32.4 Å². The lowest BCUT2D eigenvalue weighted by molar-refractivity contribution is -0.143. The van der Waals surface area contributed by atoms with Gasteiger partial charge in [0.05, 0.1) is 11.7 Å². The number of hydrogen-bond acceptors (Lipinski definition) is 6. The van der Waals surface area contributed by atoms with Crippen molar-refractivity contribution in [3.8, 4) is 5.75 Å². The van der Waals surface area contributed by atoms with E-state index in [1.807, 2.05) is 75.4 Å². The lowest BCUT2D eigenvalue weighted by atomic mass is 9.95. The quantitative estimate of drug-likeness (QED) is 0.623. The maximum absolute atomic E-state index is 13.0. The van der Waals surface area contributed by atoms with Gasteiger partial charge >= 0.3 is 5.97 Å². The smallest absolute Gasteiger partial charge is 0.338 e. The van der Waals surface area contributed by atoms with Crippen molar-refractivity contribution in [3.05, 3.63) is 83.3 Å². The second kappa shape index (κ2) is 8.41. The van der Waals surface area contributed by atoms with E-state index < -0.39 is 6.04 Å². The fourth-order valence-electron chi connectivity index (χ4n) is 3.49. The van der Waals surface area contributed by atoms with Crippen molar-refractivity contribution in [2.75, 3.05) is 5.32 Å². The number of fused-ring (bicyclic) bond motifs is 1. The molecule has 4 rings (SSSR count). The monoisotopic (exact) mass is 404 g/mol. The Morgan fingerprint density at radius 3 is 2.63 bits per heavy atom. The molecule has 7 heteroatoms. The van der Waals surface area contributed by atoms with Crippen LogP contribution in [0, 0.1) is 0 Å². The maximum atomic E-state index is 13.0. The van der Waals surface area contributed by atoms with Gasteiger partial charge < -0.3 is 14.8 Å². The van der Waals surface area contributed by atoms with Gasteiger partial charge in [0.2, 0.25) is 5.95 Å². The molecule has 1 aliphatic rings. The lowest BCUT2D eigenvalue weighted by Gasteiger charge is -2.29. The molecule has 154 valence electrons. The van der Waals surface area contributed by atoms with E-state index >= 15 is 0 Å². The summed E-state index contributed by atoms with van der Waals surface area (Å²) in [5.74, 6) is 0.854. The third kappa shape index (κ3) is 3.91. The summed E-state index contributed by atoms with van der Waals surface area (Å²) in [6.45, 7) is 5.92. The van der Waals surface area contributed by atoms with E-state index in [0.29, 0.717) is 29.6 Å². The highest BCUT2D eigenvalue weighted by molar-refractivity contribution is 5.92. The minimum atomic E-state index is -0.512. The summed E-state index contributed by atoms with van der Waals surface area (Å²) in [6.07, 6.45) is 1.23. The summed E-state index contributed by atoms with van der Waals surface area (Å²) in [5.41, 5.74) is 3.04. The number of rotatable bonds is 6. The van der Waals surface area contributed by atoms with Crippen LogP contribution in [0.4, 0.5) is 5.95 Å². The number of allylic oxidation sites excluding steroid dienone is 1. The molecule has 1 atom stereocenters. The molecule has 3 aromatic rings. The zero-order valence-electron chi connectivity index (χ0n) is 17.2. The molecule has 0 aliphatic carbocycles. The first-order valence-electron chi connectivity index (χ1n) is 9.88. The van der Waals surface area contributed by atoms with Crippen LogP contribution in [-0.2, 0) is 16.1 Å². The molecule has 0 saturated carbocycles. The predicted octanol–water partition coefficient (Wildman–Crippen LogP) is 4.10. The summed E-state index contributed by atoms with van der Waals surface area (Å²) < 4.78 is 13.4. The van der Waals surface area contributed by atoms with Crippen molar-refractivity contribution in [1.82, 2.24) is 14.8 Å². The van der Waals surface area contributed by atoms with Gasteiger partial charge in [-0.2, -0.15) is 10.1 Å². The predicted molar refractivity (Wildman–Crippen MR) is 113 cm³/mol. The van der Waals surface area contributed by atoms with E-state index in [9.17, 15) is 4.79 Å². The molecular formula is C23H24N4O3. The summed E-state index contributed by atoms with van der Waals surface area (Å²) in [6, 6.07) is 17.1. The SMILES string of the molecule is CC1=C(C(=O)OC(C)C)C(c2ccccc2OCc2ccccc2)n2ncnc2N1. The molecule has 1 aromatic heterocycles. The zero-order chi connectivity index (χ0) is 21.1. The van der Waals surface area contributed by atoms with E-state index in [-0.39, 0.29) is 12.1 Å². The summed E-state index contributed by atoms with van der Waals surface area (Å²) >= 11 is 0. The molecular weight excluding hydrogens is 380 g/mol. The second-order valence-corrected chi connectivity index (χ2v) is 7.36. The fourth-order valence-corrected chi connectivity index (χ4v) is 3.49. The van der Waals surface area contributed by atoms with Gasteiger partial charge in [0.25, 0.3) is 0 Å². The molecule has 30 heavy (non-hydrogen) atoms. The molecule has 0 fully saturated rings. The number of benzene rings is 2. The average Bonchev–Trinajstić information content (AvgIpc) is 3.19. The number of carbonyl (C=O) groups is 1. The van der Waals surface area contributed by atoms with E-state index in [0.717, 1.165) is 11.1 Å². The minimum absolute atomic E-state index is 0.236. The molecule has 1 unspecified atom stereocenters. The number of nitrogens with zero attached hydrogens (tertiary/aromatic N) is 3. The van der Waals surface area contributed by atoms with Crippen LogP contribution in [0.25, 0.3) is 0 Å². The van der Waals surface area contributed by atoms with Crippen LogP contribution in [0.2, 0.25) is 0 Å². The molecule has 7 nitrogen and oxygen atoms in total. The summed E-state index contributed by atoms with van der Waals surface area (Å²) in [4.78, 5) is 17.3. The van der Waals surface area contributed by atoms with Crippen molar-refractivity contribution in [2.24, 2.45) is 0 Å². The highest BCUT2D eigenvalue weighted by atomic mass is 16.5. The molecule has 2 aromatic carbocycles. The van der Waals surface area contributed by atoms with Gasteiger partial charge in [-0.3, -0.25) is 0 Å². The first kappa shape index (κ1) is 19.7. The molecule has 0 spiro atoms. The Bertz CT molecular complexity index is 1070.